The Hall–Kier alpha value is -1.85. The zero-order chi connectivity index (χ0) is 15.5. The average Bonchev–Trinajstić information content (AvgIpc) is 2.60. The largest absolute Gasteiger partial charge is 0.489 e. The summed E-state index contributed by atoms with van der Waals surface area (Å²) in [6.45, 7) is 2.86. The Morgan fingerprint density at radius 2 is 2.00 bits per heavy atom. The first kappa shape index (κ1) is 15.5. The number of hydrogen-bond donors (Lipinski definition) is 1. The second kappa shape index (κ2) is 6.28. The fourth-order valence-corrected chi connectivity index (χ4v) is 2.09. The van der Waals surface area contributed by atoms with E-state index in [-0.39, 0.29) is 24.3 Å². The maximum Gasteiger partial charge on any atom is 0.303 e. The summed E-state index contributed by atoms with van der Waals surface area (Å²) in [7, 11) is 0. The smallest absolute Gasteiger partial charge is 0.303 e. The van der Waals surface area contributed by atoms with E-state index in [0.717, 1.165) is 0 Å². The van der Waals surface area contributed by atoms with E-state index in [1.54, 1.807) is 0 Å². The Kier molecular flexibility index (Phi) is 4.65. The Labute approximate surface area is 121 Å². The molecule has 0 spiro atoms. The summed E-state index contributed by atoms with van der Waals surface area (Å²) in [6.07, 6.45) is -0.846. The SMILES string of the molecule is CC1COc2ccc(C(F)(F)CCCC(=O)O)cc2OC1. The van der Waals surface area contributed by atoms with Crippen LogP contribution in [-0.2, 0) is 10.7 Å². The predicted octanol–water partition coefficient (Wildman–Crippen LogP) is 3.44. The molecule has 1 aliphatic rings. The molecule has 4 nitrogen and oxygen atoms in total. The molecule has 1 aromatic rings. The van der Waals surface area contributed by atoms with Gasteiger partial charge in [0.15, 0.2) is 11.5 Å². The fourth-order valence-electron chi connectivity index (χ4n) is 2.09. The molecule has 1 N–H and O–H groups in total. The van der Waals surface area contributed by atoms with Gasteiger partial charge in [0.1, 0.15) is 0 Å². The molecule has 21 heavy (non-hydrogen) atoms. The van der Waals surface area contributed by atoms with Gasteiger partial charge >= 0.3 is 5.97 Å². The molecule has 0 saturated carbocycles. The molecule has 1 heterocycles. The molecular formula is C15H18F2O4. The van der Waals surface area contributed by atoms with Crippen molar-refractivity contribution in [1.82, 2.24) is 0 Å². The zero-order valence-electron chi connectivity index (χ0n) is 11.8. The Morgan fingerprint density at radius 3 is 2.67 bits per heavy atom. The van der Waals surface area contributed by atoms with Crippen LogP contribution in [0.15, 0.2) is 18.2 Å². The topological polar surface area (TPSA) is 55.8 Å². The maximum absolute atomic E-state index is 14.1. The number of ether oxygens (including phenoxy) is 2. The van der Waals surface area contributed by atoms with Gasteiger partial charge in [0.25, 0.3) is 5.92 Å². The zero-order valence-corrected chi connectivity index (χ0v) is 11.8. The van der Waals surface area contributed by atoms with E-state index in [2.05, 4.69) is 0 Å². The lowest BCUT2D eigenvalue weighted by Crippen LogP contribution is -2.14. The first-order valence-corrected chi connectivity index (χ1v) is 6.88. The van der Waals surface area contributed by atoms with Crippen molar-refractivity contribution in [3.8, 4) is 11.5 Å². The van der Waals surface area contributed by atoms with Crippen molar-refractivity contribution in [1.29, 1.82) is 0 Å². The molecular weight excluding hydrogens is 282 g/mol. The van der Waals surface area contributed by atoms with Crippen molar-refractivity contribution in [2.24, 2.45) is 5.92 Å². The van der Waals surface area contributed by atoms with Crippen LogP contribution in [0.4, 0.5) is 8.78 Å². The van der Waals surface area contributed by atoms with E-state index in [1.165, 1.54) is 18.2 Å². The third kappa shape index (κ3) is 4.06. The number of alkyl halides is 2. The molecule has 1 aliphatic heterocycles. The lowest BCUT2D eigenvalue weighted by atomic mass is 10.0. The van der Waals surface area contributed by atoms with Crippen molar-refractivity contribution in [2.45, 2.75) is 32.1 Å². The van der Waals surface area contributed by atoms with Gasteiger partial charge in [0.2, 0.25) is 0 Å². The van der Waals surface area contributed by atoms with Gasteiger partial charge < -0.3 is 14.6 Å². The lowest BCUT2D eigenvalue weighted by Gasteiger charge is -2.18. The molecule has 0 amide bonds. The number of hydrogen-bond acceptors (Lipinski definition) is 3. The quantitative estimate of drug-likeness (QED) is 0.905. The molecule has 0 aromatic heterocycles. The van der Waals surface area contributed by atoms with Crippen LogP contribution in [-0.4, -0.2) is 24.3 Å². The third-order valence-electron chi connectivity index (χ3n) is 3.29. The minimum atomic E-state index is -3.08. The average molecular weight is 300 g/mol. The highest BCUT2D eigenvalue weighted by atomic mass is 19.3. The first-order valence-electron chi connectivity index (χ1n) is 6.88. The molecule has 2 rings (SSSR count). The molecule has 1 atom stereocenters. The minimum absolute atomic E-state index is 0.0756. The minimum Gasteiger partial charge on any atom is -0.489 e. The van der Waals surface area contributed by atoms with E-state index in [4.69, 9.17) is 14.6 Å². The summed E-state index contributed by atoms with van der Waals surface area (Å²) in [6, 6.07) is 4.07. The van der Waals surface area contributed by atoms with Crippen LogP contribution in [0.1, 0.15) is 31.7 Å². The van der Waals surface area contributed by atoms with Crippen molar-refractivity contribution in [2.75, 3.05) is 13.2 Å². The van der Waals surface area contributed by atoms with Gasteiger partial charge in [0, 0.05) is 24.3 Å². The molecule has 6 heteroatoms. The van der Waals surface area contributed by atoms with Crippen LogP contribution in [0.5, 0.6) is 11.5 Å². The Balaban J connectivity index is 2.11. The van der Waals surface area contributed by atoms with Gasteiger partial charge in [-0.05, 0) is 24.6 Å². The monoisotopic (exact) mass is 300 g/mol. The highest BCUT2D eigenvalue weighted by Crippen LogP contribution is 2.39. The van der Waals surface area contributed by atoms with Crippen LogP contribution in [0.3, 0.4) is 0 Å². The number of halogens is 2. The highest BCUT2D eigenvalue weighted by molar-refractivity contribution is 5.66. The molecule has 0 radical (unpaired) electrons. The molecule has 0 bridgehead atoms. The number of carboxylic acid groups (broad SMARTS) is 1. The number of carbonyl (C=O) groups is 1. The number of rotatable bonds is 5. The summed E-state index contributed by atoms with van der Waals surface area (Å²) in [5.41, 5.74) is -0.176. The number of benzene rings is 1. The first-order chi connectivity index (χ1) is 9.88. The summed E-state index contributed by atoms with van der Waals surface area (Å²) in [5, 5.41) is 8.51. The number of carboxylic acids is 1. The summed E-state index contributed by atoms with van der Waals surface area (Å²) >= 11 is 0. The van der Waals surface area contributed by atoms with E-state index in [9.17, 15) is 13.6 Å². The van der Waals surface area contributed by atoms with Crippen LogP contribution in [0.25, 0.3) is 0 Å². The van der Waals surface area contributed by atoms with Crippen LogP contribution >= 0.6 is 0 Å². The van der Waals surface area contributed by atoms with E-state index >= 15 is 0 Å². The lowest BCUT2D eigenvalue weighted by molar-refractivity contribution is -0.137. The van der Waals surface area contributed by atoms with E-state index in [0.29, 0.717) is 24.7 Å². The summed E-state index contributed by atoms with van der Waals surface area (Å²) in [4.78, 5) is 10.4. The molecule has 0 saturated heterocycles. The van der Waals surface area contributed by atoms with Crippen molar-refractivity contribution < 1.29 is 28.2 Å². The summed E-state index contributed by atoms with van der Waals surface area (Å²) in [5.74, 6) is -3.18. The number of aliphatic carboxylic acids is 1. The molecule has 116 valence electrons. The van der Waals surface area contributed by atoms with Crippen molar-refractivity contribution >= 4 is 5.97 Å². The second-order valence-electron chi connectivity index (χ2n) is 5.34. The van der Waals surface area contributed by atoms with Gasteiger partial charge in [-0.15, -0.1) is 0 Å². The predicted molar refractivity (Wildman–Crippen MR) is 72.0 cm³/mol. The maximum atomic E-state index is 14.1. The van der Waals surface area contributed by atoms with Gasteiger partial charge in [0.05, 0.1) is 13.2 Å². The normalized spacial score (nSPS) is 18.1. The van der Waals surface area contributed by atoms with Crippen LogP contribution < -0.4 is 9.47 Å². The Bertz CT molecular complexity index is 516. The summed E-state index contributed by atoms with van der Waals surface area (Å²) < 4.78 is 39.1. The van der Waals surface area contributed by atoms with Gasteiger partial charge in [-0.25, -0.2) is 8.78 Å². The van der Waals surface area contributed by atoms with Crippen molar-refractivity contribution in [3.63, 3.8) is 0 Å². The molecule has 1 unspecified atom stereocenters. The molecule has 0 fully saturated rings. The molecule has 1 aromatic carbocycles. The fraction of sp³-hybridized carbons (Fsp3) is 0.533. The second-order valence-corrected chi connectivity index (χ2v) is 5.34. The third-order valence-corrected chi connectivity index (χ3v) is 3.29. The Morgan fingerprint density at radius 1 is 1.33 bits per heavy atom. The van der Waals surface area contributed by atoms with Crippen LogP contribution in [0.2, 0.25) is 0 Å². The number of fused-ring (bicyclic) bond motifs is 1. The highest BCUT2D eigenvalue weighted by Gasteiger charge is 2.32. The van der Waals surface area contributed by atoms with Crippen molar-refractivity contribution in [3.05, 3.63) is 23.8 Å². The van der Waals surface area contributed by atoms with Gasteiger partial charge in [-0.1, -0.05) is 6.92 Å². The van der Waals surface area contributed by atoms with Gasteiger partial charge in [-0.3, -0.25) is 4.79 Å². The van der Waals surface area contributed by atoms with Crippen LogP contribution in [0, 0.1) is 5.92 Å². The molecule has 0 aliphatic carbocycles. The van der Waals surface area contributed by atoms with Gasteiger partial charge in [-0.2, -0.15) is 0 Å². The van der Waals surface area contributed by atoms with E-state index in [1.807, 2.05) is 6.92 Å². The van der Waals surface area contributed by atoms with E-state index < -0.39 is 18.3 Å². The standard InChI is InChI=1S/C15H18F2O4/c1-10-8-20-12-5-4-11(7-13(12)21-9-10)15(16,17)6-2-3-14(18)19/h4-5,7,10H,2-3,6,8-9H2,1H3,(H,18,19).